The quantitative estimate of drug-likeness (QED) is 0.0889. The van der Waals surface area contributed by atoms with E-state index in [0.717, 1.165) is 101 Å². The molecule has 3 saturated carbocycles. The summed E-state index contributed by atoms with van der Waals surface area (Å²) in [5, 5.41) is 11.7. The Labute approximate surface area is 388 Å². The average Bonchev–Trinajstić information content (AvgIpc) is 4.23. The SMILES string of the molecule is COCCN1CCC1COc1ccc(C)c(C(=O)NC2(c3cccc4ccccc34)CC2c2ccc3c(C4(NC(=O)c5cc(OCC6CCN6CC6CC6)ccc5C)CC4)cccc3c2)c1. The number of aryl methyl sites for hydroxylation is 2. The van der Waals surface area contributed by atoms with Gasteiger partial charge in [-0.1, -0.05) is 91.0 Å². The number of nitrogens with zero attached hydrogens (tertiary/aromatic N) is 2. The first-order chi connectivity index (χ1) is 32.2. The summed E-state index contributed by atoms with van der Waals surface area (Å²) in [7, 11) is 1.74. The molecule has 340 valence electrons. The summed E-state index contributed by atoms with van der Waals surface area (Å²) >= 11 is 0. The largest absolute Gasteiger partial charge is 0.492 e. The van der Waals surface area contributed by atoms with Gasteiger partial charge in [0.2, 0.25) is 0 Å². The number of hydrogen-bond donors (Lipinski definition) is 2. The number of fused-ring (bicyclic) bond motifs is 2. The third kappa shape index (κ3) is 8.35. The fraction of sp³-hybridized carbons (Fsp3) is 0.404. The van der Waals surface area contributed by atoms with Crippen LogP contribution in [-0.2, 0) is 15.8 Å². The molecule has 4 atom stereocenters. The summed E-state index contributed by atoms with van der Waals surface area (Å²) in [6.45, 7) is 10.2. The molecule has 0 aromatic heterocycles. The molecule has 0 radical (unpaired) electrons. The van der Waals surface area contributed by atoms with Gasteiger partial charge in [0.05, 0.1) is 17.7 Å². The molecule has 66 heavy (non-hydrogen) atoms. The first-order valence-electron chi connectivity index (χ1n) is 24.3. The van der Waals surface area contributed by atoms with E-state index in [9.17, 15) is 9.59 Å². The molecule has 2 aliphatic heterocycles. The molecule has 4 unspecified atom stereocenters. The third-order valence-electron chi connectivity index (χ3n) is 15.6. The monoisotopic (exact) mass is 882 g/mol. The van der Waals surface area contributed by atoms with Gasteiger partial charge in [0.25, 0.3) is 11.8 Å². The second-order valence-electron chi connectivity index (χ2n) is 20.0. The summed E-state index contributed by atoms with van der Waals surface area (Å²) in [5.74, 6) is 2.22. The minimum atomic E-state index is -0.615. The highest BCUT2D eigenvalue weighted by molar-refractivity contribution is 5.99. The molecule has 5 aliphatic rings. The maximum atomic E-state index is 14.6. The Hall–Kier alpha value is -5.74. The maximum absolute atomic E-state index is 14.6. The first-order valence-corrected chi connectivity index (χ1v) is 24.3. The van der Waals surface area contributed by atoms with Crippen molar-refractivity contribution in [2.24, 2.45) is 5.92 Å². The van der Waals surface area contributed by atoms with Crippen LogP contribution in [0, 0.1) is 19.8 Å². The zero-order valence-corrected chi connectivity index (χ0v) is 38.6. The number of likely N-dealkylation sites (tertiary alicyclic amines) is 2. The number of rotatable bonds is 18. The fourth-order valence-corrected chi connectivity index (χ4v) is 10.9. The molecule has 3 aliphatic carbocycles. The van der Waals surface area contributed by atoms with Crippen LogP contribution >= 0.6 is 0 Å². The van der Waals surface area contributed by atoms with Crippen molar-refractivity contribution >= 4 is 33.4 Å². The molecule has 11 rings (SSSR count). The van der Waals surface area contributed by atoms with Crippen molar-refractivity contribution in [1.82, 2.24) is 20.4 Å². The van der Waals surface area contributed by atoms with Crippen molar-refractivity contribution in [1.29, 1.82) is 0 Å². The van der Waals surface area contributed by atoms with Crippen LogP contribution in [0.15, 0.2) is 115 Å². The topological polar surface area (TPSA) is 92.4 Å². The zero-order valence-electron chi connectivity index (χ0n) is 38.6. The summed E-state index contributed by atoms with van der Waals surface area (Å²) in [5.41, 5.74) is 5.54. The predicted molar refractivity (Wildman–Crippen MR) is 261 cm³/mol. The van der Waals surface area contributed by atoms with Gasteiger partial charge in [-0.15, -0.1) is 0 Å². The van der Waals surface area contributed by atoms with Crippen molar-refractivity contribution in [3.05, 3.63) is 154 Å². The number of carbonyl (C=O) groups excluding carboxylic acids is 2. The Bertz CT molecular complexity index is 2810. The van der Waals surface area contributed by atoms with Gasteiger partial charge < -0.3 is 24.8 Å². The molecule has 2 saturated heterocycles. The van der Waals surface area contributed by atoms with Crippen LogP contribution < -0.4 is 20.1 Å². The van der Waals surface area contributed by atoms with E-state index >= 15 is 0 Å². The fourth-order valence-electron chi connectivity index (χ4n) is 10.9. The normalized spacial score (nSPS) is 23.2. The highest BCUT2D eigenvalue weighted by Gasteiger charge is 2.58. The maximum Gasteiger partial charge on any atom is 0.252 e. The van der Waals surface area contributed by atoms with Crippen LogP contribution in [0.4, 0.5) is 0 Å². The van der Waals surface area contributed by atoms with Crippen LogP contribution in [0.2, 0.25) is 0 Å². The van der Waals surface area contributed by atoms with Gasteiger partial charge in [-0.3, -0.25) is 19.4 Å². The molecule has 5 fully saturated rings. The number of carbonyl (C=O) groups is 2. The molecular weight excluding hydrogens is 821 g/mol. The van der Waals surface area contributed by atoms with Crippen LogP contribution in [0.1, 0.15) is 99.4 Å². The summed E-state index contributed by atoms with van der Waals surface area (Å²) in [4.78, 5) is 33.7. The van der Waals surface area contributed by atoms with Gasteiger partial charge >= 0.3 is 0 Å². The van der Waals surface area contributed by atoms with E-state index in [2.05, 4.69) is 99.3 Å². The Morgan fingerprint density at radius 3 is 1.92 bits per heavy atom. The Kier molecular flexibility index (Phi) is 11.4. The molecule has 6 aromatic rings. The van der Waals surface area contributed by atoms with Gasteiger partial charge in [0.1, 0.15) is 24.7 Å². The van der Waals surface area contributed by atoms with Crippen molar-refractivity contribution in [3.63, 3.8) is 0 Å². The van der Waals surface area contributed by atoms with Crippen molar-refractivity contribution in [3.8, 4) is 11.5 Å². The standard InChI is InChI=1S/C57H62N4O5/c1-37-14-19-45(66-36-44-23-27-61(44)34-39-16-17-39)31-49(37)54(62)58-56(24-25-56)51-12-7-10-41-30-42(18-21-48(41)51)53-33-57(53,52-13-6-9-40-8-4-5-11-47(40)52)59-55(63)50-32-46(20-15-38(50)2)65-35-43-22-26-60(43)28-29-64-3/h4-15,18-21,30-32,39,43-44,53H,16-17,22-29,33-36H2,1-3H3,(H,58,62)(H,59,63). The smallest absolute Gasteiger partial charge is 0.252 e. The van der Waals surface area contributed by atoms with Gasteiger partial charge in [0, 0.05) is 62.4 Å². The van der Waals surface area contributed by atoms with Gasteiger partial charge in [-0.2, -0.15) is 0 Å². The number of ether oxygens (including phenoxy) is 3. The highest BCUT2D eigenvalue weighted by atomic mass is 16.5. The van der Waals surface area contributed by atoms with Crippen LogP contribution in [-0.4, -0.2) is 86.8 Å². The number of benzene rings is 6. The third-order valence-corrected chi connectivity index (χ3v) is 15.6. The van der Waals surface area contributed by atoms with Crippen LogP contribution in [0.5, 0.6) is 11.5 Å². The molecule has 9 nitrogen and oxygen atoms in total. The van der Waals surface area contributed by atoms with E-state index < -0.39 is 11.1 Å². The first kappa shape index (κ1) is 42.9. The number of hydrogen-bond acceptors (Lipinski definition) is 7. The van der Waals surface area contributed by atoms with E-state index in [1.807, 2.05) is 50.2 Å². The minimum Gasteiger partial charge on any atom is -0.492 e. The molecule has 0 spiro atoms. The summed E-state index contributed by atoms with van der Waals surface area (Å²) < 4.78 is 17.9. The number of methoxy groups -OCH3 is 1. The lowest BCUT2D eigenvalue weighted by Gasteiger charge is -2.40. The molecule has 9 heteroatoms. The van der Waals surface area contributed by atoms with E-state index in [4.69, 9.17) is 14.2 Å². The van der Waals surface area contributed by atoms with Crippen LogP contribution in [0.25, 0.3) is 21.5 Å². The van der Waals surface area contributed by atoms with Gasteiger partial charge in [-0.25, -0.2) is 0 Å². The van der Waals surface area contributed by atoms with Crippen molar-refractivity contribution in [2.45, 2.75) is 87.9 Å². The van der Waals surface area contributed by atoms with E-state index in [1.165, 1.54) is 31.4 Å². The zero-order chi connectivity index (χ0) is 45.0. The molecule has 2 amide bonds. The molecule has 0 bridgehead atoms. The second kappa shape index (κ2) is 17.5. The van der Waals surface area contributed by atoms with Crippen molar-refractivity contribution < 1.29 is 23.8 Å². The summed E-state index contributed by atoms with van der Waals surface area (Å²) in [6.07, 6.45) is 7.52. The van der Waals surface area contributed by atoms with E-state index in [0.29, 0.717) is 48.8 Å². The Morgan fingerprint density at radius 1 is 0.652 bits per heavy atom. The van der Waals surface area contributed by atoms with Gasteiger partial charge in [-0.05, 0) is 138 Å². The van der Waals surface area contributed by atoms with E-state index in [1.54, 1.807) is 7.11 Å². The lowest BCUT2D eigenvalue weighted by molar-refractivity contribution is 0.0283. The number of amides is 2. The molecular formula is C57H62N4O5. The minimum absolute atomic E-state index is 0.0503. The van der Waals surface area contributed by atoms with Crippen molar-refractivity contribution in [2.75, 3.05) is 53.1 Å². The highest BCUT2D eigenvalue weighted by Crippen LogP contribution is 2.60. The lowest BCUT2D eigenvalue weighted by Crippen LogP contribution is -2.51. The second-order valence-corrected chi connectivity index (χ2v) is 20.0. The number of nitrogens with one attached hydrogen (secondary N) is 2. The Balaban J connectivity index is 0.830. The van der Waals surface area contributed by atoms with Crippen LogP contribution in [0.3, 0.4) is 0 Å². The predicted octanol–water partition coefficient (Wildman–Crippen LogP) is 9.80. The summed E-state index contributed by atoms with van der Waals surface area (Å²) in [6, 6.07) is 40.8. The molecule has 6 aromatic carbocycles. The Morgan fingerprint density at radius 2 is 1.27 bits per heavy atom. The molecule has 2 heterocycles. The average molecular weight is 883 g/mol. The molecule has 2 N–H and O–H groups in total. The lowest BCUT2D eigenvalue weighted by atomic mass is 9.91. The van der Waals surface area contributed by atoms with E-state index in [-0.39, 0.29) is 17.7 Å². The van der Waals surface area contributed by atoms with Gasteiger partial charge in [0.15, 0.2) is 0 Å².